The van der Waals surface area contributed by atoms with Crippen LogP contribution in [0.25, 0.3) is 0 Å². The van der Waals surface area contributed by atoms with E-state index in [0.29, 0.717) is 37.7 Å². The Bertz CT molecular complexity index is 1100. The number of anilines is 2. The van der Waals surface area contributed by atoms with Crippen molar-refractivity contribution in [1.82, 2.24) is 15.2 Å². The van der Waals surface area contributed by atoms with Gasteiger partial charge in [-0.3, -0.25) is 9.69 Å². The molecule has 0 radical (unpaired) electrons. The van der Waals surface area contributed by atoms with E-state index in [9.17, 15) is 9.59 Å². The van der Waals surface area contributed by atoms with Gasteiger partial charge in [-0.15, -0.1) is 0 Å². The van der Waals surface area contributed by atoms with E-state index in [0.717, 1.165) is 35.6 Å². The largest absolute Gasteiger partial charge is 0.444 e. The van der Waals surface area contributed by atoms with Gasteiger partial charge >= 0.3 is 6.09 Å². The molecule has 2 aromatic rings. The molecule has 0 saturated carbocycles. The second-order valence-electron chi connectivity index (χ2n) is 10.1. The Morgan fingerprint density at radius 1 is 1.29 bits per heavy atom. The Morgan fingerprint density at radius 2 is 2.09 bits per heavy atom. The molecule has 2 aliphatic rings. The third-order valence-electron chi connectivity index (χ3n) is 6.65. The van der Waals surface area contributed by atoms with Gasteiger partial charge in [0, 0.05) is 60.6 Å². The van der Waals surface area contributed by atoms with Crippen molar-refractivity contribution in [2.45, 2.75) is 45.1 Å². The maximum Gasteiger partial charge on any atom is 0.407 e. The van der Waals surface area contributed by atoms with E-state index in [2.05, 4.69) is 39.6 Å². The van der Waals surface area contributed by atoms with Crippen molar-refractivity contribution < 1.29 is 14.3 Å². The van der Waals surface area contributed by atoms with Crippen LogP contribution in [0.4, 0.5) is 16.3 Å². The minimum atomic E-state index is -0.533. The van der Waals surface area contributed by atoms with Gasteiger partial charge < -0.3 is 20.3 Å². The number of pyridine rings is 1. The van der Waals surface area contributed by atoms with Crippen LogP contribution in [0.1, 0.15) is 45.2 Å². The highest BCUT2D eigenvalue weighted by atomic mass is 35.5. The van der Waals surface area contributed by atoms with Crippen molar-refractivity contribution >= 4 is 35.1 Å². The first-order chi connectivity index (χ1) is 16.6. The van der Waals surface area contributed by atoms with E-state index in [4.69, 9.17) is 16.3 Å². The fourth-order valence-corrected chi connectivity index (χ4v) is 5.22. The van der Waals surface area contributed by atoms with Gasteiger partial charge in [0.25, 0.3) is 0 Å². The molecular weight excluding hydrogens is 466 g/mol. The molecule has 4 rings (SSSR count). The smallest absolute Gasteiger partial charge is 0.407 e. The van der Waals surface area contributed by atoms with E-state index in [1.807, 2.05) is 43.9 Å². The van der Waals surface area contributed by atoms with Crippen molar-refractivity contribution in [1.29, 1.82) is 0 Å². The molecule has 1 unspecified atom stereocenters. The first kappa shape index (κ1) is 25.3. The van der Waals surface area contributed by atoms with Crippen LogP contribution in [0.5, 0.6) is 0 Å². The summed E-state index contributed by atoms with van der Waals surface area (Å²) in [7, 11) is 0. The summed E-state index contributed by atoms with van der Waals surface area (Å²) in [6.07, 6.45) is 2.13. The molecule has 9 heteroatoms. The number of aromatic nitrogens is 1. The molecule has 3 heterocycles. The number of alkyl carbamates (subject to hydrolysis) is 1. The second-order valence-corrected chi connectivity index (χ2v) is 10.5. The highest BCUT2D eigenvalue weighted by molar-refractivity contribution is 6.32. The Hall–Kier alpha value is -2.84. The topological polar surface area (TPSA) is 86.8 Å². The number of fused-ring (bicyclic) bond motifs is 1. The van der Waals surface area contributed by atoms with Crippen LogP contribution in [0.2, 0.25) is 5.02 Å². The third-order valence-corrected chi connectivity index (χ3v) is 6.96. The summed E-state index contributed by atoms with van der Waals surface area (Å²) in [5.74, 6) is 0.871. The molecule has 1 atom stereocenters. The van der Waals surface area contributed by atoms with Crippen LogP contribution in [0.15, 0.2) is 36.5 Å². The average molecular weight is 500 g/mol. The van der Waals surface area contributed by atoms with E-state index in [1.54, 1.807) is 6.20 Å². The molecule has 8 nitrogen and oxygen atoms in total. The summed E-state index contributed by atoms with van der Waals surface area (Å²) in [6, 6.07) is 10.0. The Balaban J connectivity index is 1.42. The Morgan fingerprint density at radius 3 is 2.80 bits per heavy atom. The summed E-state index contributed by atoms with van der Waals surface area (Å²) in [5, 5.41) is 6.88. The minimum absolute atomic E-state index is 0.0425. The zero-order chi connectivity index (χ0) is 25.2. The van der Waals surface area contributed by atoms with Crippen molar-refractivity contribution in [2.75, 3.05) is 49.5 Å². The van der Waals surface area contributed by atoms with Crippen LogP contribution in [-0.4, -0.2) is 66.8 Å². The number of halogens is 1. The molecule has 1 saturated heterocycles. The van der Waals surface area contributed by atoms with E-state index >= 15 is 0 Å². The number of piperazine rings is 1. The zero-order valence-corrected chi connectivity index (χ0v) is 21.6. The first-order valence-corrected chi connectivity index (χ1v) is 12.5. The zero-order valence-electron chi connectivity index (χ0n) is 20.9. The maximum atomic E-state index is 13.1. The number of nitrogens with zero attached hydrogens (tertiary/aromatic N) is 3. The predicted molar refractivity (Wildman–Crippen MR) is 138 cm³/mol. The molecule has 1 aromatic carbocycles. The number of hydrogen-bond acceptors (Lipinski definition) is 6. The summed E-state index contributed by atoms with van der Waals surface area (Å²) in [6.45, 7) is 11.0. The summed E-state index contributed by atoms with van der Waals surface area (Å²) in [5.41, 5.74) is 2.20. The number of benzene rings is 1. The van der Waals surface area contributed by atoms with Crippen LogP contribution in [0.3, 0.4) is 0 Å². The normalized spacial score (nSPS) is 20.4. The van der Waals surface area contributed by atoms with Gasteiger partial charge in [0.05, 0.1) is 6.54 Å². The average Bonchev–Trinajstić information content (AvgIpc) is 3.19. The lowest BCUT2D eigenvalue weighted by Gasteiger charge is -2.35. The SMILES string of the molecule is CCC1(c2cccc(N3CCN(CCNC(=O)OC(C)(C)C)CC3=O)c2)CNc2nccc(Cl)c21. The molecule has 1 aromatic heterocycles. The summed E-state index contributed by atoms with van der Waals surface area (Å²) in [4.78, 5) is 33.3. The molecule has 0 aliphatic carbocycles. The Labute approximate surface area is 212 Å². The number of hydrogen-bond donors (Lipinski definition) is 2. The first-order valence-electron chi connectivity index (χ1n) is 12.1. The van der Waals surface area contributed by atoms with E-state index in [1.165, 1.54) is 0 Å². The monoisotopic (exact) mass is 499 g/mol. The molecule has 35 heavy (non-hydrogen) atoms. The number of carbonyl (C=O) groups excluding carboxylic acids is 2. The number of carbonyl (C=O) groups is 2. The second kappa shape index (κ2) is 10.0. The number of ether oxygens (including phenoxy) is 1. The van der Waals surface area contributed by atoms with E-state index in [-0.39, 0.29) is 11.3 Å². The van der Waals surface area contributed by atoms with Crippen molar-refractivity contribution in [2.24, 2.45) is 0 Å². The summed E-state index contributed by atoms with van der Waals surface area (Å²) >= 11 is 6.62. The lowest BCUT2D eigenvalue weighted by molar-refractivity contribution is -0.121. The number of rotatable bonds is 6. The van der Waals surface area contributed by atoms with Gasteiger partial charge in [-0.25, -0.2) is 9.78 Å². The molecule has 188 valence electrons. The third kappa shape index (κ3) is 5.38. The van der Waals surface area contributed by atoms with Gasteiger partial charge in [-0.2, -0.15) is 0 Å². The highest BCUT2D eigenvalue weighted by Crippen LogP contribution is 2.47. The molecule has 2 aliphatic heterocycles. The van der Waals surface area contributed by atoms with Crippen LogP contribution in [0, 0.1) is 0 Å². The van der Waals surface area contributed by atoms with Gasteiger partial charge in [0.1, 0.15) is 11.4 Å². The highest BCUT2D eigenvalue weighted by Gasteiger charge is 2.42. The maximum absolute atomic E-state index is 13.1. The number of nitrogens with one attached hydrogen (secondary N) is 2. The van der Waals surface area contributed by atoms with Gasteiger partial charge in [0.2, 0.25) is 5.91 Å². The van der Waals surface area contributed by atoms with Gasteiger partial charge in [0.15, 0.2) is 0 Å². The van der Waals surface area contributed by atoms with Crippen molar-refractivity contribution in [3.63, 3.8) is 0 Å². The van der Waals surface area contributed by atoms with Gasteiger partial charge in [-0.1, -0.05) is 30.7 Å². The molecule has 1 fully saturated rings. The minimum Gasteiger partial charge on any atom is -0.444 e. The fourth-order valence-electron chi connectivity index (χ4n) is 4.89. The molecule has 0 bridgehead atoms. The lowest BCUT2D eigenvalue weighted by atomic mass is 9.74. The standard InChI is InChI=1S/C26H34ClN5O3/c1-5-26(17-30-23-22(26)20(27)9-10-28-23)18-7-6-8-19(15-18)32-14-13-31(16-21(32)33)12-11-29-24(34)35-25(2,3)4/h6-10,15H,5,11-14,16-17H2,1-4H3,(H,28,30)(H,29,34). The van der Waals surface area contributed by atoms with Crippen LogP contribution < -0.4 is 15.5 Å². The van der Waals surface area contributed by atoms with Crippen molar-refractivity contribution in [3.8, 4) is 0 Å². The molecular formula is C26H34ClN5O3. The molecule has 0 spiro atoms. The van der Waals surface area contributed by atoms with Crippen molar-refractivity contribution in [3.05, 3.63) is 52.7 Å². The van der Waals surface area contributed by atoms with E-state index < -0.39 is 11.7 Å². The van der Waals surface area contributed by atoms with Crippen LogP contribution in [-0.2, 0) is 14.9 Å². The molecule has 2 N–H and O–H groups in total. The number of amides is 2. The quantitative estimate of drug-likeness (QED) is 0.624. The lowest BCUT2D eigenvalue weighted by Crippen LogP contribution is -2.52. The fraction of sp³-hybridized carbons (Fsp3) is 0.500. The predicted octanol–water partition coefficient (Wildman–Crippen LogP) is 4.03. The Kier molecular flexibility index (Phi) is 7.24. The summed E-state index contributed by atoms with van der Waals surface area (Å²) < 4.78 is 5.26. The van der Waals surface area contributed by atoms with Gasteiger partial charge in [-0.05, 0) is 51.0 Å². The molecule has 2 amide bonds. The van der Waals surface area contributed by atoms with Crippen LogP contribution >= 0.6 is 11.6 Å².